The van der Waals surface area contributed by atoms with Crippen LogP contribution in [0.15, 0.2) is 0 Å². The molecule has 1 aliphatic carbocycles. The van der Waals surface area contributed by atoms with Gasteiger partial charge in [-0.3, -0.25) is 4.79 Å². The van der Waals surface area contributed by atoms with Crippen molar-refractivity contribution in [3.8, 4) is 0 Å². The minimum absolute atomic E-state index is 0.186. The van der Waals surface area contributed by atoms with E-state index in [1.165, 1.54) is 0 Å². The Morgan fingerprint density at radius 2 is 2.07 bits per heavy atom. The van der Waals surface area contributed by atoms with Crippen LogP contribution in [0.2, 0.25) is 0 Å². The lowest BCUT2D eigenvalue weighted by Gasteiger charge is -2.38. The molecule has 3 N–H and O–H groups in total. The fraction of sp³-hybridized carbons (Fsp3) is 0.778. The van der Waals surface area contributed by atoms with Gasteiger partial charge in [0.2, 0.25) is 5.91 Å². The van der Waals surface area contributed by atoms with Gasteiger partial charge in [-0.1, -0.05) is 6.92 Å². The van der Waals surface area contributed by atoms with Crippen LogP contribution in [0, 0.1) is 0 Å². The van der Waals surface area contributed by atoms with Crippen molar-refractivity contribution in [2.24, 2.45) is 0 Å². The van der Waals surface area contributed by atoms with Crippen molar-refractivity contribution in [3.63, 3.8) is 0 Å². The average Bonchev–Trinajstić information content (AvgIpc) is 2.07. The summed E-state index contributed by atoms with van der Waals surface area (Å²) in [6.07, 6.45) is 1.95. The van der Waals surface area contributed by atoms with Crippen LogP contribution in [0.5, 0.6) is 0 Å². The van der Waals surface area contributed by atoms with Crippen molar-refractivity contribution in [2.45, 2.75) is 31.7 Å². The highest BCUT2D eigenvalue weighted by molar-refractivity contribution is 5.88. The molecular weight excluding hydrogens is 184 g/mol. The molecule has 0 spiro atoms. The molecule has 0 saturated heterocycles. The Hall–Kier alpha value is -1.10. The number of likely N-dealkylation sites (N-methyl/N-ethyl adjacent to an activating group) is 1. The maximum absolute atomic E-state index is 11.3. The lowest BCUT2D eigenvalue weighted by atomic mass is 9.77. The fourth-order valence-corrected chi connectivity index (χ4v) is 1.47. The van der Waals surface area contributed by atoms with Crippen LogP contribution in [-0.2, 0) is 9.59 Å². The van der Waals surface area contributed by atoms with Gasteiger partial charge in [0.25, 0.3) is 0 Å². The van der Waals surface area contributed by atoms with Crippen LogP contribution in [0.1, 0.15) is 26.2 Å². The second kappa shape index (κ2) is 4.41. The molecular formula is C9H16N2O3. The first-order valence-corrected chi connectivity index (χ1v) is 4.86. The molecule has 5 nitrogen and oxygen atoms in total. The van der Waals surface area contributed by atoms with Crippen LogP contribution in [0.25, 0.3) is 0 Å². The van der Waals surface area contributed by atoms with Gasteiger partial charge in [0.1, 0.15) is 5.54 Å². The standard InChI is InChI=1S/C9H16N2O3/c1-2-10-6-7(12)11-9(8(13)14)4-3-5-9/h10H,2-6H2,1H3,(H,11,12)(H,13,14). The number of aliphatic carboxylic acids is 1. The maximum atomic E-state index is 11.3. The largest absolute Gasteiger partial charge is 0.480 e. The highest BCUT2D eigenvalue weighted by Crippen LogP contribution is 2.31. The molecule has 1 fully saturated rings. The van der Waals surface area contributed by atoms with E-state index in [-0.39, 0.29) is 12.5 Å². The molecule has 0 aliphatic heterocycles. The molecule has 0 atom stereocenters. The van der Waals surface area contributed by atoms with Crippen LogP contribution in [0.4, 0.5) is 0 Å². The first kappa shape index (κ1) is 11.0. The van der Waals surface area contributed by atoms with Crippen molar-refractivity contribution < 1.29 is 14.7 Å². The van der Waals surface area contributed by atoms with E-state index >= 15 is 0 Å². The number of carboxylic acid groups (broad SMARTS) is 1. The summed E-state index contributed by atoms with van der Waals surface area (Å²) < 4.78 is 0. The highest BCUT2D eigenvalue weighted by Gasteiger charge is 2.45. The summed E-state index contributed by atoms with van der Waals surface area (Å²) in [7, 11) is 0. The van der Waals surface area contributed by atoms with E-state index in [0.29, 0.717) is 19.4 Å². The van der Waals surface area contributed by atoms with Gasteiger partial charge in [-0.25, -0.2) is 4.79 Å². The van der Waals surface area contributed by atoms with E-state index in [4.69, 9.17) is 5.11 Å². The molecule has 0 radical (unpaired) electrons. The molecule has 1 aliphatic rings. The van der Waals surface area contributed by atoms with E-state index < -0.39 is 11.5 Å². The molecule has 1 saturated carbocycles. The summed E-state index contributed by atoms with van der Waals surface area (Å²) in [6.45, 7) is 2.78. The van der Waals surface area contributed by atoms with Crippen LogP contribution in [-0.4, -0.2) is 35.6 Å². The second-order valence-corrected chi connectivity index (χ2v) is 3.57. The summed E-state index contributed by atoms with van der Waals surface area (Å²) in [4.78, 5) is 22.2. The lowest BCUT2D eigenvalue weighted by molar-refractivity contribution is -0.151. The van der Waals surface area contributed by atoms with E-state index in [9.17, 15) is 9.59 Å². The fourth-order valence-electron chi connectivity index (χ4n) is 1.47. The van der Waals surface area contributed by atoms with Crippen molar-refractivity contribution >= 4 is 11.9 Å². The van der Waals surface area contributed by atoms with Crippen LogP contribution in [0.3, 0.4) is 0 Å². The Morgan fingerprint density at radius 3 is 2.43 bits per heavy atom. The number of nitrogens with one attached hydrogen (secondary N) is 2. The minimum atomic E-state index is -0.980. The number of hydrogen-bond donors (Lipinski definition) is 3. The molecule has 0 unspecified atom stereocenters. The molecule has 1 rings (SSSR count). The van der Waals surface area contributed by atoms with Gasteiger partial charge in [-0.15, -0.1) is 0 Å². The molecule has 0 bridgehead atoms. The topological polar surface area (TPSA) is 78.4 Å². The van der Waals surface area contributed by atoms with Crippen molar-refractivity contribution in [1.29, 1.82) is 0 Å². The number of hydrogen-bond acceptors (Lipinski definition) is 3. The summed E-state index contributed by atoms with van der Waals surface area (Å²) >= 11 is 0. The predicted molar refractivity (Wildman–Crippen MR) is 50.9 cm³/mol. The minimum Gasteiger partial charge on any atom is -0.480 e. The van der Waals surface area contributed by atoms with Crippen LogP contribution < -0.4 is 10.6 Å². The van der Waals surface area contributed by atoms with Crippen LogP contribution >= 0.6 is 0 Å². The Morgan fingerprint density at radius 1 is 1.43 bits per heavy atom. The lowest BCUT2D eigenvalue weighted by Crippen LogP contribution is -2.60. The Labute approximate surface area is 82.9 Å². The van der Waals surface area contributed by atoms with E-state index in [2.05, 4.69) is 10.6 Å². The number of carbonyl (C=O) groups excluding carboxylic acids is 1. The smallest absolute Gasteiger partial charge is 0.329 e. The third kappa shape index (κ3) is 2.23. The first-order chi connectivity index (χ1) is 6.60. The number of rotatable bonds is 5. The van der Waals surface area contributed by atoms with Gasteiger partial charge < -0.3 is 15.7 Å². The monoisotopic (exact) mass is 200 g/mol. The zero-order valence-electron chi connectivity index (χ0n) is 8.30. The van der Waals surface area contributed by atoms with E-state index in [0.717, 1.165) is 6.42 Å². The Balaban J connectivity index is 2.41. The van der Waals surface area contributed by atoms with Gasteiger partial charge in [0, 0.05) is 0 Å². The molecule has 80 valence electrons. The summed E-state index contributed by atoms with van der Waals surface area (Å²) in [5.41, 5.74) is -0.980. The maximum Gasteiger partial charge on any atom is 0.329 e. The zero-order chi connectivity index (χ0) is 10.6. The SMILES string of the molecule is CCNCC(=O)NC1(C(=O)O)CCC1. The normalized spacial score (nSPS) is 18.4. The molecule has 1 amide bonds. The molecule has 0 aromatic heterocycles. The summed E-state index contributed by atoms with van der Waals surface area (Å²) in [6, 6.07) is 0. The Kier molecular flexibility index (Phi) is 3.46. The number of carbonyl (C=O) groups is 2. The Bertz CT molecular complexity index is 236. The van der Waals surface area contributed by atoms with E-state index in [1.54, 1.807) is 0 Å². The van der Waals surface area contributed by atoms with Crippen molar-refractivity contribution in [1.82, 2.24) is 10.6 Å². The third-order valence-corrected chi connectivity index (χ3v) is 2.53. The molecule has 5 heteroatoms. The molecule has 0 heterocycles. The summed E-state index contributed by atoms with van der Waals surface area (Å²) in [5.74, 6) is -1.16. The molecule has 0 aromatic carbocycles. The predicted octanol–water partition coefficient (Wildman–Crippen LogP) is -0.281. The van der Waals surface area contributed by atoms with Gasteiger partial charge in [0.05, 0.1) is 6.54 Å². The first-order valence-electron chi connectivity index (χ1n) is 4.86. The van der Waals surface area contributed by atoms with Crippen molar-refractivity contribution in [3.05, 3.63) is 0 Å². The third-order valence-electron chi connectivity index (χ3n) is 2.53. The quantitative estimate of drug-likeness (QED) is 0.570. The van der Waals surface area contributed by atoms with Gasteiger partial charge in [-0.2, -0.15) is 0 Å². The second-order valence-electron chi connectivity index (χ2n) is 3.57. The zero-order valence-corrected chi connectivity index (χ0v) is 8.30. The van der Waals surface area contributed by atoms with Crippen molar-refractivity contribution in [2.75, 3.05) is 13.1 Å². The van der Waals surface area contributed by atoms with Gasteiger partial charge in [0.15, 0.2) is 0 Å². The highest BCUT2D eigenvalue weighted by atomic mass is 16.4. The van der Waals surface area contributed by atoms with E-state index in [1.807, 2.05) is 6.92 Å². The number of carboxylic acids is 1. The van der Waals surface area contributed by atoms with Gasteiger partial charge in [-0.05, 0) is 25.8 Å². The van der Waals surface area contributed by atoms with Gasteiger partial charge >= 0.3 is 5.97 Å². The molecule has 0 aromatic rings. The molecule has 14 heavy (non-hydrogen) atoms. The average molecular weight is 200 g/mol. The number of amides is 1. The summed E-state index contributed by atoms with van der Waals surface area (Å²) in [5, 5.41) is 14.3.